The van der Waals surface area contributed by atoms with Crippen LogP contribution in [0.25, 0.3) is 0 Å². The van der Waals surface area contributed by atoms with Gasteiger partial charge in [0, 0.05) is 12.8 Å². The smallest absolute Gasteiger partial charge is 0.156 e. The highest BCUT2D eigenvalue weighted by molar-refractivity contribution is 7.91. The molecule has 7 heteroatoms. The van der Waals surface area contributed by atoms with E-state index in [9.17, 15) is 16.8 Å². The second-order valence-electron chi connectivity index (χ2n) is 4.52. The Morgan fingerprint density at radius 3 is 1.47 bits per heavy atom. The molecule has 0 aromatic rings. The van der Waals surface area contributed by atoms with Gasteiger partial charge in [0.25, 0.3) is 0 Å². The number of hydrogen-bond donors (Lipinski definition) is 1. The molecule has 0 radical (unpaired) electrons. The third kappa shape index (κ3) is 2.92. The van der Waals surface area contributed by atoms with E-state index in [-0.39, 0.29) is 35.1 Å². The third-order valence-electron chi connectivity index (χ3n) is 3.08. The standard InChI is InChI=1S/C8H15NO4S2/c10-14(11)3-1-7(5-14)9-8-2-4-15(12,13)6-8/h7-9H,1-6H2/p+1/t7-,8-/m0/s1. The lowest BCUT2D eigenvalue weighted by molar-refractivity contribution is -0.712. The van der Waals surface area contributed by atoms with Gasteiger partial charge in [0.2, 0.25) is 0 Å². The summed E-state index contributed by atoms with van der Waals surface area (Å²) in [6.45, 7) is 0. The molecule has 5 nitrogen and oxygen atoms in total. The van der Waals surface area contributed by atoms with E-state index in [1.165, 1.54) is 0 Å². The zero-order valence-corrected chi connectivity index (χ0v) is 10.1. The van der Waals surface area contributed by atoms with E-state index in [0.29, 0.717) is 12.8 Å². The van der Waals surface area contributed by atoms with E-state index in [2.05, 4.69) is 0 Å². The molecule has 2 aliphatic heterocycles. The van der Waals surface area contributed by atoms with Crippen molar-refractivity contribution in [3.05, 3.63) is 0 Å². The van der Waals surface area contributed by atoms with Gasteiger partial charge in [0.05, 0.1) is 11.5 Å². The Morgan fingerprint density at radius 2 is 1.20 bits per heavy atom. The van der Waals surface area contributed by atoms with Crippen LogP contribution in [0.15, 0.2) is 0 Å². The molecule has 15 heavy (non-hydrogen) atoms. The highest BCUT2D eigenvalue weighted by Crippen LogP contribution is 2.11. The summed E-state index contributed by atoms with van der Waals surface area (Å²) >= 11 is 0. The maximum Gasteiger partial charge on any atom is 0.156 e. The fourth-order valence-corrected chi connectivity index (χ4v) is 5.85. The highest BCUT2D eigenvalue weighted by atomic mass is 32.2. The molecular weight excluding hydrogens is 238 g/mol. The van der Waals surface area contributed by atoms with E-state index in [1.54, 1.807) is 0 Å². The molecule has 2 saturated heterocycles. The summed E-state index contributed by atoms with van der Waals surface area (Å²) < 4.78 is 44.8. The molecule has 0 spiro atoms. The van der Waals surface area contributed by atoms with Crippen LogP contribution in [0.4, 0.5) is 0 Å². The van der Waals surface area contributed by atoms with E-state index >= 15 is 0 Å². The highest BCUT2D eigenvalue weighted by Gasteiger charge is 2.36. The number of nitrogens with two attached hydrogens (primary N) is 1. The number of quaternary nitrogens is 1. The van der Waals surface area contributed by atoms with E-state index in [0.717, 1.165) is 0 Å². The lowest BCUT2D eigenvalue weighted by Crippen LogP contribution is -2.95. The van der Waals surface area contributed by atoms with Crippen LogP contribution in [-0.2, 0) is 19.7 Å². The summed E-state index contributed by atoms with van der Waals surface area (Å²) in [7, 11) is -5.69. The lowest BCUT2D eigenvalue weighted by atomic mass is 10.2. The minimum absolute atomic E-state index is 0.0771. The van der Waals surface area contributed by atoms with E-state index < -0.39 is 19.7 Å². The summed E-state index contributed by atoms with van der Waals surface area (Å²) in [5.74, 6) is 0.939. The van der Waals surface area contributed by atoms with Crippen molar-refractivity contribution in [2.75, 3.05) is 23.0 Å². The van der Waals surface area contributed by atoms with Crippen molar-refractivity contribution in [2.45, 2.75) is 24.9 Å². The molecule has 88 valence electrons. The van der Waals surface area contributed by atoms with Gasteiger partial charge in [-0.05, 0) is 0 Å². The van der Waals surface area contributed by atoms with Crippen molar-refractivity contribution in [2.24, 2.45) is 0 Å². The molecule has 0 bridgehead atoms. The van der Waals surface area contributed by atoms with Crippen molar-refractivity contribution < 1.29 is 22.2 Å². The van der Waals surface area contributed by atoms with Crippen LogP contribution in [0.1, 0.15) is 12.8 Å². The Bertz CT molecular complexity index is 397. The number of sulfone groups is 2. The molecular formula is C8H16NO4S2+. The minimum atomic E-state index is -2.85. The summed E-state index contributed by atoms with van der Waals surface area (Å²) in [6.07, 6.45) is 1.33. The molecule has 0 saturated carbocycles. The first-order valence-corrected chi connectivity index (χ1v) is 8.76. The van der Waals surface area contributed by atoms with Gasteiger partial charge >= 0.3 is 0 Å². The molecule has 0 aromatic heterocycles. The minimum Gasteiger partial charge on any atom is -0.340 e. The van der Waals surface area contributed by atoms with Gasteiger partial charge in [-0.3, -0.25) is 0 Å². The van der Waals surface area contributed by atoms with Crippen LogP contribution in [0.5, 0.6) is 0 Å². The van der Waals surface area contributed by atoms with Gasteiger partial charge in [0.1, 0.15) is 23.6 Å². The molecule has 2 fully saturated rings. The Labute approximate surface area is 90.1 Å². The fraction of sp³-hybridized carbons (Fsp3) is 1.00. The first-order valence-electron chi connectivity index (χ1n) is 5.12. The molecule has 0 amide bonds. The summed E-state index contributed by atoms with van der Waals surface area (Å²) in [5, 5.41) is 1.95. The fourth-order valence-electron chi connectivity index (χ4n) is 2.34. The van der Waals surface area contributed by atoms with Crippen molar-refractivity contribution in [3.8, 4) is 0 Å². The first kappa shape index (κ1) is 11.3. The van der Waals surface area contributed by atoms with Gasteiger partial charge in [0.15, 0.2) is 19.7 Å². The number of hydrogen-bond acceptors (Lipinski definition) is 4. The molecule has 2 aliphatic rings. The lowest BCUT2D eigenvalue weighted by Gasteiger charge is -2.12. The molecule has 0 aromatic carbocycles. The first-order chi connectivity index (χ1) is 6.86. The zero-order chi connectivity index (χ0) is 11.1. The van der Waals surface area contributed by atoms with Crippen molar-refractivity contribution in [1.82, 2.24) is 0 Å². The molecule has 0 aliphatic carbocycles. The van der Waals surface area contributed by atoms with E-state index in [1.807, 2.05) is 5.32 Å². The Morgan fingerprint density at radius 1 is 0.800 bits per heavy atom. The van der Waals surface area contributed by atoms with Crippen LogP contribution in [0, 0.1) is 0 Å². The SMILES string of the molecule is O=S1(=O)CC[C@H]([NH2+][C@H]2CCS(=O)(=O)C2)C1. The topological polar surface area (TPSA) is 84.9 Å². The predicted molar refractivity (Wildman–Crippen MR) is 56.0 cm³/mol. The Balaban J connectivity index is 1.90. The third-order valence-corrected chi connectivity index (χ3v) is 6.67. The molecule has 2 rings (SSSR count). The molecule has 2 N–H and O–H groups in total. The normalized spacial score (nSPS) is 38.1. The van der Waals surface area contributed by atoms with Gasteiger partial charge < -0.3 is 5.32 Å². The molecule has 0 unspecified atom stereocenters. The maximum absolute atomic E-state index is 11.2. The monoisotopic (exact) mass is 254 g/mol. The van der Waals surface area contributed by atoms with Crippen LogP contribution in [-0.4, -0.2) is 51.9 Å². The summed E-state index contributed by atoms with van der Waals surface area (Å²) in [5.41, 5.74) is 0. The van der Waals surface area contributed by atoms with Crippen LogP contribution < -0.4 is 5.32 Å². The second-order valence-corrected chi connectivity index (χ2v) is 8.98. The second kappa shape index (κ2) is 3.71. The Kier molecular flexibility index (Phi) is 2.81. The Hall–Kier alpha value is -0.140. The largest absolute Gasteiger partial charge is 0.340 e. The molecule has 2 heterocycles. The van der Waals surface area contributed by atoms with Gasteiger partial charge in [-0.25, -0.2) is 16.8 Å². The van der Waals surface area contributed by atoms with Crippen molar-refractivity contribution in [3.63, 3.8) is 0 Å². The van der Waals surface area contributed by atoms with Crippen molar-refractivity contribution in [1.29, 1.82) is 0 Å². The predicted octanol–water partition coefficient (Wildman–Crippen LogP) is -2.08. The van der Waals surface area contributed by atoms with Crippen LogP contribution >= 0.6 is 0 Å². The van der Waals surface area contributed by atoms with Crippen LogP contribution in [0.3, 0.4) is 0 Å². The summed E-state index contributed by atoms with van der Waals surface area (Å²) in [6, 6.07) is 0.154. The van der Waals surface area contributed by atoms with Crippen LogP contribution in [0.2, 0.25) is 0 Å². The average Bonchev–Trinajstić information content (AvgIpc) is 2.56. The number of rotatable bonds is 2. The maximum atomic E-state index is 11.2. The quantitative estimate of drug-likeness (QED) is 0.613. The summed E-state index contributed by atoms with van der Waals surface area (Å²) in [4.78, 5) is 0. The average molecular weight is 254 g/mol. The molecule has 2 atom stereocenters. The van der Waals surface area contributed by atoms with Crippen molar-refractivity contribution >= 4 is 19.7 Å². The van der Waals surface area contributed by atoms with Gasteiger partial charge in [-0.1, -0.05) is 0 Å². The van der Waals surface area contributed by atoms with E-state index in [4.69, 9.17) is 0 Å². The zero-order valence-electron chi connectivity index (χ0n) is 8.42. The van der Waals surface area contributed by atoms with Gasteiger partial charge in [-0.15, -0.1) is 0 Å². The van der Waals surface area contributed by atoms with Gasteiger partial charge in [-0.2, -0.15) is 0 Å².